The molecule has 434 valence electrons. The lowest BCUT2D eigenvalue weighted by atomic mass is 9.58. The molecule has 1 saturated carbocycles. The van der Waals surface area contributed by atoms with E-state index in [2.05, 4.69) is 16.0 Å². The van der Waals surface area contributed by atoms with Crippen LogP contribution >= 0.6 is 0 Å². The summed E-state index contributed by atoms with van der Waals surface area (Å²) in [6.45, 7) is 3.37. The maximum absolute atomic E-state index is 13.7. The van der Waals surface area contributed by atoms with E-state index < -0.39 is 94.3 Å². The fraction of sp³-hybridized carbons (Fsp3) is 0.483. The van der Waals surface area contributed by atoms with Crippen LogP contribution in [0.3, 0.4) is 0 Å². The molecule has 3 heterocycles. The molecular formula is C58H69N5O18. The number of allylic oxidation sites excluding steroid dienone is 1. The largest absolute Gasteiger partial charge is 0.514 e. The monoisotopic (exact) mass is 1120 g/mol. The molecule has 7 N–H and O–H groups in total. The van der Waals surface area contributed by atoms with Crippen molar-refractivity contribution in [3.8, 4) is 28.7 Å². The van der Waals surface area contributed by atoms with Gasteiger partial charge in [0.15, 0.2) is 22.9 Å². The number of ketones is 2. The van der Waals surface area contributed by atoms with Crippen molar-refractivity contribution < 1.29 is 87.1 Å². The molecule has 81 heavy (non-hydrogen) atoms. The number of hydrogen-bond donors (Lipinski definition) is 6. The van der Waals surface area contributed by atoms with E-state index in [-0.39, 0.29) is 77.0 Å². The van der Waals surface area contributed by atoms with Crippen LogP contribution in [0.4, 0.5) is 10.5 Å². The molecule has 0 unspecified atom stereocenters. The average molecular weight is 1120 g/mol. The summed E-state index contributed by atoms with van der Waals surface area (Å²) >= 11 is 0. The lowest BCUT2D eigenvalue weighted by Crippen LogP contribution is -2.63. The van der Waals surface area contributed by atoms with E-state index in [1.807, 2.05) is 12.1 Å². The molecule has 2 aliphatic heterocycles. The number of anilines is 1. The van der Waals surface area contributed by atoms with E-state index in [9.17, 15) is 49.2 Å². The highest BCUT2D eigenvalue weighted by Gasteiger charge is 2.63. The molecule has 3 aromatic carbocycles. The molecule has 1 saturated heterocycles. The van der Waals surface area contributed by atoms with Gasteiger partial charge >= 0.3 is 18.1 Å². The summed E-state index contributed by atoms with van der Waals surface area (Å²) in [6, 6.07) is 11.1. The van der Waals surface area contributed by atoms with Gasteiger partial charge in [-0.3, -0.25) is 29.0 Å². The molecule has 0 radical (unpaired) electrons. The lowest BCUT2D eigenvalue weighted by Gasteiger charge is -2.52. The summed E-state index contributed by atoms with van der Waals surface area (Å²) in [6.07, 6.45) is 0.0257. The van der Waals surface area contributed by atoms with Gasteiger partial charge in [-0.15, -0.1) is 0 Å². The summed E-state index contributed by atoms with van der Waals surface area (Å²) in [5, 5.41) is 45.1. The fourth-order valence-corrected chi connectivity index (χ4v) is 13.5. The number of aromatic nitrogens is 1. The number of hydrogen-bond acceptors (Lipinski definition) is 21. The Morgan fingerprint density at radius 1 is 0.889 bits per heavy atom. The number of piperidine rings is 1. The number of ether oxygens (including phenoxy) is 8. The number of carbonyl (C=O) groups excluding carboxylic acids is 6. The van der Waals surface area contributed by atoms with Crippen LogP contribution in [0, 0.1) is 29.6 Å². The number of rotatable bonds is 12. The fourth-order valence-electron chi connectivity index (χ4n) is 13.5. The van der Waals surface area contributed by atoms with Gasteiger partial charge in [0, 0.05) is 74.1 Å². The second-order valence-corrected chi connectivity index (χ2v) is 21.6. The third-order valence-electron chi connectivity index (χ3n) is 17.1. The van der Waals surface area contributed by atoms with Gasteiger partial charge in [0.25, 0.3) is 5.91 Å². The minimum atomic E-state index is -2.63. The number of fused-ring (bicyclic) bond motifs is 9. The number of carbonyl (C=O) groups is 6. The van der Waals surface area contributed by atoms with Crippen molar-refractivity contribution >= 4 is 52.2 Å². The number of likely N-dealkylation sites (N-methyl/N-ethyl adjacent to an activating group) is 1. The van der Waals surface area contributed by atoms with Crippen molar-refractivity contribution in [1.82, 2.24) is 14.8 Å². The Bertz CT molecular complexity index is 3250. The van der Waals surface area contributed by atoms with Crippen LogP contribution < -0.4 is 29.6 Å². The smallest absolute Gasteiger partial charge is 0.510 e. The first kappa shape index (κ1) is 57.8. The third-order valence-corrected chi connectivity index (χ3v) is 17.1. The number of amides is 1. The van der Waals surface area contributed by atoms with E-state index in [4.69, 9.17) is 43.6 Å². The predicted octanol–water partition coefficient (Wildman–Crippen LogP) is 4.88. The number of nitrogens with zero attached hydrogens (tertiary/aromatic N) is 3. The first-order valence-electron chi connectivity index (χ1n) is 26.6. The van der Waals surface area contributed by atoms with Crippen LogP contribution in [-0.2, 0) is 46.2 Å². The molecule has 1 amide bonds. The third kappa shape index (κ3) is 9.82. The van der Waals surface area contributed by atoms with E-state index in [1.165, 1.54) is 68.2 Å². The number of methoxy groups -OCH3 is 5. The normalized spacial score (nSPS) is 26.5. The van der Waals surface area contributed by atoms with Gasteiger partial charge in [-0.25, -0.2) is 9.59 Å². The molecule has 0 bridgehead atoms. The van der Waals surface area contributed by atoms with E-state index in [1.54, 1.807) is 53.2 Å². The summed E-state index contributed by atoms with van der Waals surface area (Å²) in [5.74, 6) is -7.37. The van der Waals surface area contributed by atoms with Crippen molar-refractivity contribution in [1.29, 1.82) is 0 Å². The van der Waals surface area contributed by atoms with Gasteiger partial charge in [0.05, 0.1) is 64.2 Å². The second-order valence-electron chi connectivity index (χ2n) is 21.6. The number of H-pyrrole nitrogens is 1. The van der Waals surface area contributed by atoms with Crippen molar-refractivity contribution in [3.05, 3.63) is 93.1 Å². The SMILES string of the molecule is CCOC(=O)Oc1c(OC)cc(C(=O)O[C@@H]2C[C@@H]3CN4CCc5c([nH]c6cc(OC)ccc56)[C@H]4C[C@@H]3[C@H](C(=O)OC)[C@H]2OC)cc1OC.CN(C)c1ccc(O)c2c1C[C@H]1C[C@H]3[C@H](N(C)C)C(O)=C(C(N)=O)C(=O)[C@@]3(O)C(O)=C1C2=O. The Morgan fingerprint density at radius 3 is 2.20 bits per heavy atom. The summed E-state index contributed by atoms with van der Waals surface area (Å²) in [4.78, 5) is 87.3. The number of esters is 2. The Labute approximate surface area is 467 Å². The second kappa shape index (κ2) is 22.6. The Morgan fingerprint density at radius 2 is 1.59 bits per heavy atom. The molecule has 10 atom stereocenters. The number of phenolic OH excluding ortho intramolecular Hbond substituents is 1. The standard InChI is InChI=1S/C35H42N2O11.C23H27N3O7/c1-7-46-35(40)48-31-26(42-3)12-18(13-27(31)43-4)33(38)47-28-14-19-17-37-11-10-22-21-9-8-20(41-2)15-24(21)36-30(22)25(37)16-23(19)29(32(28)44-5)34(39)45-6;1-25(2)12-5-6-13(27)15-10(12)7-9-8-11-17(26(3)4)19(29)16(22(24)32)21(31)23(11,33)20(30)14(9)18(15)28/h8-9,12-13,15,19,23,25,28-29,32,36H,7,10-11,14,16-17H2,1-6H3;5-6,9,11,17,27,29-30,33H,7-8H2,1-4H3,(H2,24,32)/t19-,23+,25-,28-,29+,32+;9-,11-,17-,23-/m10/s1. The zero-order valence-electron chi connectivity index (χ0n) is 46.8. The number of benzene rings is 3. The number of aliphatic hydroxyl groups excluding tert-OH is 2. The number of nitrogens with one attached hydrogen (secondary N) is 1. The maximum Gasteiger partial charge on any atom is 0.514 e. The van der Waals surface area contributed by atoms with Gasteiger partial charge < -0.3 is 73.9 Å². The summed E-state index contributed by atoms with van der Waals surface area (Å²) in [7, 11) is 14.1. The number of aliphatic hydroxyl groups is 3. The lowest BCUT2D eigenvalue weighted by molar-refractivity contribution is -0.176. The molecule has 23 nitrogen and oxygen atoms in total. The average Bonchev–Trinajstić information content (AvgIpc) is 2.33. The number of Topliss-reactive ketones (excluding diaryl/α,β-unsaturated/α-hetero) is 2. The summed E-state index contributed by atoms with van der Waals surface area (Å²) < 4.78 is 43.8. The van der Waals surface area contributed by atoms with Crippen LogP contribution in [0.2, 0.25) is 0 Å². The van der Waals surface area contributed by atoms with Crippen LogP contribution in [0.5, 0.6) is 28.7 Å². The number of primary amides is 1. The predicted molar refractivity (Wildman–Crippen MR) is 290 cm³/mol. The highest BCUT2D eigenvalue weighted by atomic mass is 16.7. The molecular weight excluding hydrogens is 1050 g/mol. The number of aromatic hydroxyl groups is 1. The quantitative estimate of drug-likeness (QED) is 0.0476. The van der Waals surface area contributed by atoms with Crippen molar-refractivity contribution in [3.63, 3.8) is 0 Å². The maximum atomic E-state index is 13.7. The van der Waals surface area contributed by atoms with Crippen LogP contribution in [-0.4, -0.2) is 178 Å². The molecule has 23 heteroatoms. The molecule has 4 aliphatic carbocycles. The Kier molecular flexibility index (Phi) is 16.1. The van der Waals surface area contributed by atoms with E-state index >= 15 is 0 Å². The molecule has 4 aromatic rings. The van der Waals surface area contributed by atoms with Gasteiger partial charge in [-0.05, 0) is 118 Å². The van der Waals surface area contributed by atoms with E-state index in [0.717, 1.165) is 42.9 Å². The minimum Gasteiger partial charge on any atom is -0.510 e. The number of aromatic amines is 1. The molecule has 1 aromatic heterocycles. The zero-order chi connectivity index (χ0) is 58.7. The van der Waals surface area contributed by atoms with Crippen LogP contribution in [0.25, 0.3) is 10.9 Å². The Hall–Kier alpha value is -7.86. The van der Waals surface area contributed by atoms with Crippen LogP contribution in [0.1, 0.15) is 69.8 Å². The first-order chi connectivity index (χ1) is 38.6. The van der Waals surface area contributed by atoms with E-state index in [0.29, 0.717) is 12.0 Å². The minimum absolute atomic E-state index is 0.00184. The zero-order valence-corrected chi connectivity index (χ0v) is 46.8. The molecule has 6 aliphatic rings. The van der Waals surface area contributed by atoms with Crippen LogP contribution in [0.15, 0.2) is 65.1 Å². The Balaban J connectivity index is 0.000000210. The summed E-state index contributed by atoms with van der Waals surface area (Å²) in [5.41, 5.74) is 6.64. The molecule has 0 spiro atoms. The molecule has 10 rings (SSSR count). The van der Waals surface area contributed by atoms with Crippen molar-refractivity contribution in [2.75, 3.05) is 88.3 Å². The highest BCUT2D eigenvalue weighted by molar-refractivity contribution is 6.25. The van der Waals surface area contributed by atoms with Gasteiger partial charge in [-0.1, -0.05) is 0 Å². The number of nitrogens with two attached hydrogens (primary N) is 1. The van der Waals surface area contributed by atoms with Crippen molar-refractivity contribution in [2.24, 2.45) is 35.3 Å². The molecule has 2 fully saturated rings. The number of phenols is 1. The van der Waals surface area contributed by atoms with Gasteiger partial charge in [-0.2, -0.15) is 0 Å². The van der Waals surface area contributed by atoms with Gasteiger partial charge in [0.2, 0.25) is 11.5 Å². The first-order valence-corrected chi connectivity index (χ1v) is 26.6. The highest BCUT2D eigenvalue weighted by Crippen LogP contribution is 2.54. The van der Waals surface area contributed by atoms with Crippen molar-refractivity contribution in [2.45, 2.75) is 68.9 Å². The van der Waals surface area contributed by atoms with Gasteiger partial charge in [0.1, 0.15) is 40.8 Å². The topological polar surface area (TPSA) is 309 Å².